The first-order valence-electron chi connectivity index (χ1n) is 0.309. The molecule has 0 rings (SSSR count). The van der Waals surface area contributed by atoms with E-state index in [1.54, 1.807) is 0 Å². The van der Waals surface area contributed by atoms with Gasteiger partial charge in [0, 0.05) is 46.9 Å². The van der Waals surface area contributed by atoms with E-state index in [0.717, 1.165) is 0 Å². The molecule has 4 heavy (non-hydrogen) atoms. The molecule has 0 heterocycles. The Kier molecular flexibility index (Phi) is 19.9. The molecule has 0 fully saturated rings. The van der Waals surface area contributed by atoms with Gasteiger partial charge >= 0.3 is 0 Å². The summed E-state index contributed by atoms with van der Waals surface area (Å²) in [6.45, 7) is 0. The Bertz CT molecular complexity index is 6.00. The minimum Gasteiger partial charge on any atom is -0.0104 e. The number of hydrogen-bond acceptors (Lipinski definition) is 1. The van der Waals surface area contributed by atoms with E-state index in [4.69, 9.17) is 9.05 Å². The van der Waals surface area contributed by atoms with Crippen molar-refractivity contribution in [3.63, 3.8) is 0 Å². The number of halogens is 2. The molecule has 0 amide bonds. The van der Waals surface area contributed by atoms with E-state index in [1.807, 2.05) is 0 Å². The van der Waals surface area contributed by atoms with Crippen molar-refractivity contribution in [2.24, 2.45) is 0 Å². The first-order chi connectivity index (χ1) is 1.41. The maximum atomic E-state index is 9.12. The van der Waals surface area contributed by atoms with Crippen LogP contribution in [0, 0.1) is 41.7 Å². The summed E-state index contributed by atoms with van der Waals surface area (Å²) in [5.41, 5.74) is 0. The second kappa shape index (κ2) is 8.89. The van der Waals surface area contributed by atoms with E-state index in [-0.39, 0.29) is 41.7 Å². The molecule has 0 bridgehead atoms. The third-order valence-corrected chi connectivity index (χ3v) is 0. The predicted molar refractivity (Wildman–Crippen MR) is 3.30 cm³/mol. The van der Waals surface area contributed by atoms with Gasteiger partial charge in [-0.1, -0.05) is 0 Å². The van der Waals surface area contributed by atoms with Crippen LogP contribution < -0.4 is 0 Å². The van der Waals surface area contributed by atoms with Crippen LogP contribution >= 0.6 is 0 Å². The SMILES string of the molecule is FOF.[Ce]. The van der Waals surface area contributed by atoms with Crippen LogP contribution in [0.1, 0.15) is 0 Å². The second-order valence-corrected chi connectivity index (χ2v) is 0.0583. The fraction of sp³-hybridized carbons (Fsp3) is 0. The minimum absolute atomic E-state index is 0. The van der Waals surface area contributed by atoms with Gasteiger partial charge in [-0.15, -0.1) is 0 Å². The molecular formula is CeF2O. The molecule has 0 radical (unpaired) electrons. The molecule has 0 aliphatic heterocycles. The van der Waals surface area contributed by atoms with E-state index in [0.29, 0.717) is 0 Å². The van der Waals surface area contributed by atoms with Gasteiger partial charge in [0.2, 0.25) is 0 Å². The molecule has 1 nitrogen and oxygen atoms in total. The van der Waals surface area contributed by atoms with Crippen LogP contribution in [-0.2, 0) is 5.15 Å². The van der Waals surface area contributed by atoms with Crippen LogP contribution in [0.2, 0.25) is 0 Å². The summed E-state index contributed by atoms with van der Waals surface area (Å²) in [4.78, 5) is 0. The van der Waals surface area contributed by atoms with Crippen LogP contribution in [-0.4, -0.2) is 0 Å². The van der Waals surface area contributed by atoms with Gasteiger partial charge in [-0.05, 0) is 9.05 Å². The Hall–Kier alpha value is 1.20. The van der Waals surface area contributed by atoms with Crippen LogP contribution in [0.25, 0.3) is 0 Å². The zero-order chi connectivity index (χ0) is 2.71. The van der Waals surface area contributed by atoms with Gasteiger partial charge in [-0.3, -0.25) is 0 Å². The van der Waals surface area contributed by atoms with Crippen molar-refractivity contribution in [3.05, 3.63) is 0 Å². The van der Waals surface area contributed by atoms with Crippen LogP contribution in [0.4, 0.5) is 9.05 Å². The first kappa shape index (κ1) is 8.96. The smallest absolute Gasteiger partial charge is 0.0104 e. The molecule has 0 aromatic rings. The molecule has 0 atom stereocenters. The number of hydrogen-bond donors (Lipinski definition) is 0. The van der Waals surface area contributed by atoms with Gasteiger partial charge in [-0.25, -0.2) is 0 Å². The van der Waals surface area contributed by atoms with Crippen molar-refractivity contribution in [2.75, 3.05) is 0 Å². The molecule has 0 saturated carbocycles. The molecule has 0 N–H and O–H groups in total. The van der Waals surface area contributed by atoms with Gasteiger partial charge in [0.25, 0.3) is 0 Å². The molecule has 0 aliphatic carbocycles. The van der Waals surface area contributed by atoms with Crippen molar-refractivity contribution in [1.29, 1.82) is 0 Å². The van der Waals surface area contributed by atoms with Gasteiger partial charge in [-0.2, -0.15) is 0 Å². The standard InChI is InChI=1S/Ce.F2O/c;1-3-2. The molecule has 4 heteroatoms. The maximum absolute atomic E-state index is 9.12. The average Bonchev–Trinajstić information content (AvgIpc) is 0.918. The van der Waals surface area contributed by atoms with Crippen molar-refractivity contribution in [1.82, 2.24) is 0 Å². The molecule has 0 unspecified atom stereocenters. The van der Waals surface area contributed by atoms with Crippen molar-refractivity contribution in [2.45, 2.75) is 0 Å². The summed E-state index contributed by atoms with van der Waals surface area (Å²) in [6.07, 6.45) is 0. The van der Waals surface area contributed by atoms with Gasteiger partial charge in [0.1, 0.15) is 0 Å². The van der Waals surface area contributed by atoms with Crippen molar-refractivity contribution < 1.29 is 55.9 Å². The zero-order valence-electron chi connectivity index (χ0n) is 1.66. The molecular weight excluding hydrogens is 194 g/mol. The summed E-state index contributed by atoms with van der Waals surface area (Å²) < 4.78 is 18.2. The fourth-order valence-electron chi connectivity index (χ4n) is 0. The van der Waals surface area contributed by atoms with Gasteiger partial charge < -0.3 is 0 Å². The predicted octanol–water partition coefficient (Wildman–Crippen LogP) is 0.772. The molecule has 0 saturated heterocycles. The molecule has 0 aromatic carbocycles. The minimum atomic E-state index is 0. The van der Waals surface area contributed by atoms with E-state index < -0.39 is 0 Å². The zero-order valence-corrected chi connectivity index (χ0v) is 4.80. The van der Waals surface area contributed by atoms with Gasteiger partial charge in [0.15, 0.2) is 0 Å². The average molecular weight is 194 g/mol. The van der Waals surface area contributed by atoms with E-state index in [2.05, 4.69) is 0 Å². The summed E-state index contributed by atoms with van der Waals surface area (Å²) in [5.74, 6) is 0. The summed E-state index contributed by atoms with van der Waals surface area (Å²) in [7, 11) is 0. The Morgan fingerprint density at radius 3 is 1.25 bits per heavy atom. The Labute approximate surface area is 55.5 Å². The normalized spacial score (nSPS) is 4.50. The molecule has 0 spiro atoms. The monoisotopic (exact) mass is 194 g/mol. The second-order valence-electron chi connectivity index (χ2n) is 0.0583. The molecule has 0 aliphatic rings. The third kappa shape index (κ3) is 10.8. The van der Waals surface area contributed by atoms with Gasteiger partial charge in [0.05, 0.1) is 0 Å². The Morgan fingerprint density at radius 1 is 1.25 bits per heavy atom. The van der Waals surface area contributed by atoms with Crippen molar-refractivity contribution in [3.8, 4) is 0 Å². The number of rotatable bonds is 0. The summed E-state index contributed by atoms with van der Waals surface area (Å²) in [6, 6.07) is 0. The topological polar surface area (TPSA) is 9.23 Å². The van der Waals surface area contributed by atoms with E-state index in [9.17, 15) is 0 Å². The summed E-state index contributed by atoms with van der Waals surface area (Å²) >= 11 is 0. The van der Waals surface area contributed by atoms with Crippen LogP contribution in [0.15, 0.2) is 0 Å². The van der Waals surface area contributed by atoms with Crippen molar-refractivity contribution >= 4 is 0 Å². The van der Waals surface area contributed by atoms with Crippen LogP contribution in [0.5, 0.6) is 0 Å². The van der Waals surface area contributed by atoms with E-state index in [1.165, 1.54) is 5.15 Å². The van der Waals surface area contributed by atoms with Crippen LogP contribution in [0.3, 0.4) is 0 Å². The quantitative estimate of drug-likeness (QED) is 0.553. The molecule has 0 aromatic heterocycles. The molecule has 24 valence electrons. The first-order valence-corrected chi connectivity index (χ1v) is 0.309. The fourth-order valence-corrected chi connectivity index (χ4v) is 0. The largest absolute Gasteiger partial charge is 0.0209 e. The third-order valence-electron chi connectivity index (χ3n) is 0. The maximum Gasteiger partial charge on any atom is 0.0209 e. The Morgan fingerprint density at radius 2 is 1.25 bits per heavy atom. The Balaban J connectivity index is 0. The summed E-state index contributed by atoms with van der Waals surface area (Å²) in [5, 5.41) is 1.25. The van der Waals surface area contributed by atoms with E-state index >= 15 is 0 Å².